The van der Waals surface area contributed by atoms with Crippen LogP contribution >= 0.6 is 11.6 Å². The molecule has 0 saturated carbocycles. The Labute approximate surface area is 212 Å². The maximum Gasteiger partial charge on any atom is 0.534 e. The number of amides is 1. The van der Waals surface area contributed by atoms with Gasteiger partial charge in [0, 0.05) is 23.6 Å². The summed E-state index contributed by atoms with van der Waals surface area (Å²) >= 11 is 5.99. The van der Waals surface area contributed by atoms with E-state index in [1.807, 2.05) is 0 Å². The number of hydrogen-bond acceptors (Lipinski definition) is 6. The van der Waals surface area contributed by atoms with Crippen molar-refractivity contribution in [1.29, 1.82) is 0 Å². The first-order valence-corrected chi connectivity index (χ1v) is 12.0. The Hall–Kier alpha value is -2.97. The first kappa shape index (κ1) is 28.6. The van der Waals surface area contributed by atoms with Crippen LogP contribution in [0.25, 0.3) is 0 Å². The lowest BCUT2D eigenvalue weighted by Gasteiger charge is -2.38. The Bertz CT molecular complexity index is 1330. The van der Waals surface area contributed by atoms with Gasteiger partial charge in [-0.25, -0.2) is 0 Å². The van der Waals surface area contributed by atoms with E-state index in [1.165, 1.54) is 6.08 Å². The summed E-state index contributed by atoms with van der Waals surface area (Å²) in [5.41, 5.74) is -10.5. The van der Waals surface area contributed by atoms with Crippen LogP contribution in [0.4, 0.5) is 32.0 Å². The zero-order chi connectivity index (χ0) is 28.0. The highest BCUT2D eigenvalue weighted by molar-refractivity contribution is 7.88. The van der Waals surface area contributed by atoms with Crippen molar-refractivity contribution < 1.29 is 53.6 Å². The quantitative estimate of drug-likeness (QED) is 0.216. The topological polar surface area (TPSA) is 93.1 Å². The van der Waals surface area contributed by atoms with Gasteiger partial charge in [0.1, 0.15) is 11.5 Å². The molecule has 7 nitrogen and oxygen atoms in total. The van der Waals surface area contributed by atoms with Crippen molar-refractivity contribution in [2.45, 2.75) is 30.1 Å². The highest BCUT2D eigenvalue weighted by atomic mass is 35.5. The van der Waals surface area contributed by atoms with Crippen LogP contribution in [0.3, 0.4) is 0 Å². The molecule has 0 fully saturated rings. The van der Waals surface area contributed by atoms with Crippen molar-refractivity contribution in [3.8, 4) is 11.5 Å². The van der Waals surface area contributed by atoms with E-state index in [2.05, 4.69) is 10.8 Å². The molecule has 0 spiro atoms. The average molecular weight is 574 g/mol. The van der Waals surface area contributed by atoms with Crippen LogP contribution in [0.2, 0.25) is 5.02 Å². The van der Waals surface area contributed by atoms with Crippen molar-refractivity contribution >= 4 is 33.3 Å². The third-order valence-corrected chi connectivity index (χ3v) is 6.95. The zero-order valence-electron chi connectivity index (χ0n) is 18.7. The normalized spacial score (nSPS) is 16.9. The van der Waals surface area contributed by atoms with Crippen LogP contribution in [-0.2, 0) is 20.5 Å². The van der Waals surface area contributed by atoms with Crippen molar-refractivity contribution in [2.24, 2.45) is 0 Å². The molecule has 0 saturated heterocycles. The smallest absolute Gasteiger partial charge is 0.482 e. The van der Waals surface area contributed by atoms with Gasteiger partial charge in [-0.05, 0) is 29.3 Å². The molecule has 0 aromatic heterocycles. The van der Waals surface area contributed by atoms with Gasteiger partial charge in [-0.2, -0.15) is 34.8 Å². The minimum absolute atomic E-state index is 0.0456. The number of halogens is 7. The highest BCUT2D eigenvalue weighted by Gasteiger charge is 2.59. The molecule has 1 N–H and O–H groups in total. The predicted molar refractivity (Wildman–Crippen MR) is 120 cm³/mol. The minimum atomic E-state index is -6.06. The van der Waals surface area contributed by atoms with Crippen molar-refractivity contribution in [2.75, 3.05) is 18.1 Å². The Kier molecular flexibility index (Phi) is 7.52. The summed E-state index contributed by atoms with van der Waals surface area (Å²) in [6, 6.07) is 5.09. The number of fused-ring (bicyclic) bond motifs is 1. The number of nitrogens with zero attached hydrogens (tertiary/aromatic N) is 1. The summed E-state index contributed by atoms with van der Waals surface area (Å²) < 4.78 is 113. The maximum atomic E-state index is 14.4. The molecule has 2 unspecified atom stereocenters. The number of carbonyl (C=O) groups excluding carboxylic acids is 1. The fourth-order valence-electron chi connectivity index (χ4n) is 3.74. The van der Waals surface area contributed by atoms with Gasteiger partial charge >= 0.3 is 21.8 Å². The molecular formula is C22H18ClF6NO6S. The molecule has 1 aliphatic heterocycles. The monoisotopic (exact) mass is 573 g/mol. The van der Waals surface area contributed by atoms with Gasteiger partial charge < -0.3 is 18.9 Å². The molecule has 1 heterocycles. The Balaban J connectivity index is 2.08. The molecule has 3 rings (SSSR count). The summed E-state index contributed by atoms with van der Waals surface area (Å²) in [5.74, 6) is -3.24. The molecule has 0 aliphatic carbocycles. The largest absolute Gasteiger partial charge is 0.534 e. The van der Waals surface area contributed by atoms with Gasteiger partial charge in [0.15, 0.2) is 12.2 Å². The average Bonchev–Trinajstić information content (AvgIpc) is 2.78. The van der Waals surface area contributed by atoms with Crippen LogP contribution in [0.5, 0.6) is 11.5 Å². The van der Waals surface area contributed by atoms with Crippen LogP contribution in [0, 0.1) is 0 Å². The lowest BCUT2D eigenvalue weighted by atomic mass is 9.77. The molecule has 2 aromatic rings. The molecule has 0 radical (unpaired) electrons. The van der Waals surface area contributed by atoms with Gasteiger partial charge in [-0.15, -0.1) is 6.58 Å². The van der Waals surface area contributed by atoms with Gasteiger partial charge in [-0.3, -0.25) is 4.79 Å². The summed E-state index contributed by atoms with van der Waals surface area (Å²) in [6.45, 7) is 4.06. The van der Waals surface area contributed by atoms with Gasteiger partial charge in [0.05, 0.1) is 5.69 Å². The van der Waals surface area contributed by atoms with Gasteiger partial charge in [0.25, 0.3) is 5.91 Å². The van der Waals surface area contributed by atoms with Gasteiger partial charge in [0.2, 0.25) is 0 Å². The molecular weight excluding hydrogens is 556 g/mol. The summed E-state index contributed by atoms with van der Waals surface area (Å²) in [7, 11) is -6.06. The summed E-state index contributed by atoms with van der Waals surface area (Å²) in [4.78, 5) is 13.3. The van der Waals surface area contributed by atoms with E-state index in [0.717, 1.165) is 36.1 Å². The Morgan fingerprint density at radius 3 is 2.38 bits per heavy atom. The van der Waals surface area contributed by atoms with Crippen LogP contribution in [-0.4, -0.2) is 44.3 Å². The minimum Gasteiger partial charge on any atom is -0.482 e. The lowest BCUT2D eigenvalue weighted by molar-refractivity contribution is -0.274. The van der Waals surface area contributed by atoms with Crippen molar-refractivity contribution in [1.82, 2.24) is 0 Å². The van der Waals surface area contributed by atoms with Crippen LogP contribution in [0.1, 0.15) is 24.0 Å². The third-order valence-electron chi connectivity index (χ3n) is 5.64. The van der Waals surface area contributed by atoms with E-state index in [0.29, 0.717) is 12.1 Å². The number of alkyl halides is 6. The third kappa shape index (κ3) is 5.22. The molecule has 2 atom stereocenters. The SMILES string of the molecule is C=CCN1C(=O)COc2ccc(C(O)(C(C)c3ccc(OS(=O)(=O)C(F)(F)F)cc3Cl)C(F)(F)F)cc21. The zero-order valence-corrected chi connectivity index (χ0v) is 20.3. The lowest BCUT2D eigenvalue weighted by Crippen LogP contribution is -2.47. The number of hydrogen-bond donors (Lipinski definition) is 1. The Morgan fingerprint density at radius 1 is 1.19 bits per heavy atom. The maximum absolute atomic E-state index is 14.4. The predicted octanol–water partition coefficient (Wildman–Crippen LogP) is 5.03. The number of anilines is 1. The first-order valence-electron chi connectivity index (χ1n) is 10.2. The summed E-state index contributed by atoms with van der Waals surface area (Å²) in [5, 5.41) is 10.5. The van der Waals surface area contributed by atoms with E-state index in [9.17, 15) is 44.7 Å². The number of ether oxygens (including phenoxy) is 1. The highest BCUT2D eigenvalue weighted by Crippen LogP contribution is 2.51. The number of carbonyl (C=O) groups is 1. The molecule has 15 heteroatoms. The molecule has 37 heavy (non-hydrogen) atoms. The van der Waals surface area contributed by atoms with Crippen LogP contribution in [0.15, 0.2) is 49.1 Å². The standard InChI is InChI=1S/C22H18ClF6NO6S/c1-3-8-30-17-9-13(4-7-18(17)35-11-19(30)31)20(32,21(24,25)26)12(2)15-6-5-14(10-16(15)23)36-37(33,34)22(27,28)29/h3-7,9-10,12,32H,1,8,11H2,2H3. The first-order chi connectivity index (χ1) is 16.9. The van der Waals surface area contributed by atoms with Crippen LogP contribution < -0.4 is 13.8 Å². The number of benzene rings is 2. The van der Waals surface area contributed by atoms with Gasteiger partial charge in [-0.1, -0.05) is 36.7 Å². The van der Waals surface area contributed by atoms with Crippen molar-refractivity contribution in [3.63, 3.8) is 0 Å². The fourth-order valence-corrected chi connectivity index (χ4v) is 4.52. The molecule has 0 bridgehead atoms. The number of aliphatic hydroxyl groups is 1. The Morgan fingerprint density at radius 2 is 1.84 bits per heavy atom. The second-order valence-electron chi connectivity index (χ2n) is 7.92. The second kappa shape index (κ2) is 9.72. The second-order valence-corrected chi connectivity index (χ2v) is 9.86. The van der Waals surface area contributed by atoms with Crippen molar-refractivity contribution in [3.05, 3.63) is 65.2 Å². The van der Waals surface area contributed by atoms with E-state index >= 15 is 0 Å². The number of rotatable bonds is 7. The fraction of sp³-hybridized carbons (Fsp3) is 0.318. The van der Waals surface area contributed by atoms with E-state index < -0.39 is 55.6 Å². The van der Waals surface area contributed by atoms with E-state index in [1.54, 1.807) is 0 Å². The van der Waals surface area contributed by atoms with E-state index in [4.69, 9.17) is 16.3 Å². The molecule has 2 aromatic carbocycles. The van der Waals surface area contributed by atoms with E-state index in [-0.39, 0.29) is 30.2 Å². The molecule has 202 valence electrons. The molecule has 1 amide bonds. The molecule has 1 aliphatic rings. The summed E-state index contributed by atoms with van der Waals surface area (Å²) in [6.07, 6.45) is -3.97.